The molecule has 0 spiro atoms. The zero-order valence-corrected chi connectivity index (χ0v) is 28.0. The molecule has 0 aliphatic heterocycles. The Morgan fingerprint density at radius 3 is 1.33 bits per heavy atom. The lowest BCUT2D eigenvalue weighted by Gasteiger charge is -2.30. The Kier molecular flexibility index (Phi) is 20.7. The van der Waals surface area contributed by atoms with E-state index in [2.05, 4.69) is 31.2 Å². The Morgan fingerprint density at radius 2 is 0.884 bits per heavy atom. The van der Waals surface area contributed by atoms with Crippen molar-refractivity contribution in [2.45, 2.75) is 135 Å². The molecule has 5 heteroatoms. The van der Waals surface area contributed by atoms with E-state index in [1.807, 2.05) is 24.3 Å². The SMILES string of the molecule is CCCCCCCCCCCC[N+](C)(C)CCCCCCCCCCCCOc1ccc(N=Nc2ccc(F)cc2)cc1. The minimum absolute atomic E-state index is 0.273. The Morgan fingerprint density at radius 1 is 0.512 bits per heavy atom. The maximum absolute atomic E-state index is 13.0. The Balaban J connectivity index is 1.34. The van der Waals surface area contributed by atoms with Crippen LogP contribution in [0.15, 0.2) is 58.8 Å². The van der Waals surface area contributed by atoms with Gasteiger partial charge in [0.15, 0.2) is 0 Å². The van der Waals surface area contributed by atoms with Crippen molar-refractivity contribution in [1.82, 2.24) is 0 Å². The number of quaternary nitrogens is 1. The minimum Gasteiger partial charge on any atom is -0.494 e. The molecule has 0 aliphatic carbocycles. The second-order valence-electron chi connectivity index (χ2n) is 13.1. The van der Waals surface area contributed by atoms with Crippen LogP contribution < -0.4 is 4.74 Å². The first kappa shape index (κ1) is 36.9. The molecule has 0 heterocycles. The number of hydrogen-bond acceptors (Lipinski definition) is 3. The average Bonchev–Trinajstić information content (AvgIpc) is 3.00. The third kappa shape index (κ3) is 20.3. The first-order chi connectivity index (χ1) is 21.0. The lowest BCUT2D eigenvalue weighted by atomic mass is 10.1. The summed E-state index contributed by atoms with van der Waals surface area (Å²) in [5, 5.41) is 8.33. The predicted octanol–water partition coefficient (Wildman–Crippen LogP) is 12.5. The highest BCUT2D eigenvalue weighted by molar-refractivity contribution is 5.42. The van der Waals surface area contributed by atoms with E-state index in [0.717, 1.165) is 24.5 Å². The Hall–Kier alpha value is -2.27. The summed E-state index contributed by atoms with van der Waals surface area (Å²) >= 11 is 0. The number of ether oxygens (including phenoxy) is 1. The number of unbranched alkanes of at least 4 members (excludes halogenated alkanes) is 18. The number of halogens is 1. The van der Waals surface area contributed by atoms with Gasteiger partial charge in [-0.2, -0.15) is 10.2 Å². The molecule has 0 aliphatic rings. The molecule has 0 saturated heterocycles. The molecule has 2 aromatic carbocycles. The highest BCUT2D eigenvalue weighted by Gasteiger charge is 2.13. The Labute approximate surface area is 264 Å². The van der Waals surface area contributed by atoms with Crippen molar-refractivity contribution < 1.29 is 13.6 Å². The summed E-state index contributed by atoms with van der Waals surface area (Å²) in [5.41, 5.74) is 1.38. The van der Waals surface area contributed by atoms with Crippen LogP contribution in [0.25, 0.3) is 0 Å². The molecule has 0 aromatic heterocycles. The van der Waals surface area contributed by atoms with Gasteiger partial charge in [-0.15, -0.1) is 0 Å². The van der Waals surface area contributed by atoms with Crippen LogP contribution in [0, 0.1) is 5.82 Å². The van der Waals surface area contributed by atoms with E-state index >= 15 is 0 Å². The second kappa shape index (κ2) is 24.1. The van der Waals surface area contributed by atoms with E-state index < -0.39 is 0 Å². The van der Waals surface area contributed by atoms with E-state index in [-0.39, 0.29) is 5.82 Å². The highest BCUT2D eigenvalue weighted by atomic mass is 19.1. The van der Waals surface area contributed by atoms with Crippen molar-refractivity contribution >= 4 is 11.4 Å². The molecule has 2 aromatic rings. The van der Waals surface area contributed by atoms with Crippen molar-refractivity contribution in [1.29, 1.82) is 0 Å². The van der Waals surface area contributed by atoms with Crippen LogP contribution in [0.3, 0.4) is 0 Å². The molecule has 4 nitrogen and oxygen atoms in total. The summed E-state index contributed by atoms with van der Waals surface area (Å²) in [7, 11) is 4.86. The lowest BCUT2D eigenvalue weighted by Crippen LogP contribution is -2.41. The molecule has 43 heavy (non-hydrogen) atoms. The lowest BCUT2D eigenvalue weighted by molar-refractivity contribution is -0.890. The van der Waals surface area contributed by atoms with Crippen LogP contribution in [-0.2, 0) is 0 Å². The Bertz CT molecular complexity index is 943. The second-order valence-corrected chi connectivity index (χ2v) is 13.1. The monoisotopic (exact) mass is 596 g/mol. The van der Waals surface area contributed by atoms with E-state index in [4.69, 9.17) is 4.74 Å². The van der Waals surface area contributed by atoms with Gasteiger partial charge in [0.05, 0.1) is 45.2 Å². The third-order valence-electron chi connectivity index (χ3n) is 8.49. The molecule has 0 saturated carbocycles. The number of rotatable bonds is 27. The summed E-state index contributed by atoms with van der Waals surface area (Å²) < 4.78 is 20.1. The molecule has 0 unspecified atom stereocenters. The van der Waals surface area contributed by atoms with E-state index in [9.17, 15) is 4.39 Å². The molecular formula is C38H63FN3O+. The fraction of sp³-hybridized carbons (Fsp3) is 0.684. The summed E-state index contributed by atoms with van der Waals surface area (Å²) in [6.07, 6.45) is 27.6. The fourth-order valence-corrected chi connectivity index (χ4v) is 5.62. The molecule has 0 atom stereocenters. The number of nitrogens with zero attached hydrogens (tertiary/aromatic N) is 3. The maximum Gasteiger partial charge on any atom is 0.123 e. The smallest absolute Gasteiger partial charge is 0.123 e. The van der Waals surface area contributed by atoms with Gasteiger partial charge in [-0.3, -0.25) is 0 Å². The molecule has 0 fully saturated rings. The highest BCUT2D eigenvalue weighted by Crippen LogP contribution is 2.22. The molecular weight excluding hydrogens is 533 g/mol. The third-order valence-corrected chi connectivity index (χ3v) is 8.49. The molecule has 0 N–H and O–H groups in total. The van der Waals surface area contributed by atoms with E-state index in [0.29, 0.717) is 5.69 Å². The summed E-state index contributed by atoms with van der Waals surface area (Å²) in [5.74, 6) is 0.590. The van der Waals surface area contributed by atoms with Crippen molar-refractivity contribution in [2.75, 3.05) is 33.8 Å². The van der Waals surface area contributed by atoms with Crippen LogP contribution in [0.2, 0.25) is 0 Å². The van der Waals surface area contributed by atoms with Gasteiger partial charge in [-0.25, -0.2) is 4.39 Å². The first-order valence-electron chi connectivity index (χ1n) is 17.7. The summed E-state index contributed by atoms with van der Waals surface area (Å²) in [6.45, 7) is 5.74. The summed E-state index contributed by atoms with van der Waals surface area (Å²) in [6, 6.07) is 13.6. The predicted molar refractivity (Wildman–Crippen MR) is 182 cm³/mol. The van der Waals surface area contributed by atoms with Gasteiger partial charge in [0.25, 0.3) is 0 Å². The molecule has 2 rings (SSSR count). The van der Waals surface area contributed by atoms with Gasteiger partial charge in [-0.05, 0) is 80.6 Å². The number of benzene rings is 2. The van der Waals surface area contributed by atoms with Crippen LogP contribution in [0.1, 0.15) is 135 Å². The van der Waals surface area contributed by atoms with Crippen LogP contribution in [0.5, 0.6) is 5.75 Å². The van der Waals surface area contributed by atoms with Crippen molar-refractivity contribution in [2.24, 2.45) is 10.2 Å². The number of hydrogen-bond donors (Lipinski definition) is 0. The minimum atomic E-state index is -0.273. The first-order valence-corrected chi connectivity index (χ1v) is 17.7. The summed E-state index contributed by atoms with van der Waals surface area (Å²) in [4.78, 5) is 0. The van der Waals surface area contributed by atoms with Crippen molar-refractivity contribution in [3.63, 3.8) is 0 Å². The molecule has 0 bridgehead atoms. The zero-order chi connectivity index (χ0) is 30.9. The van der Waals surface area contributed by atoms with Crippen LogP contribution in [-0.4, -0.2) is 38.3 Å². The topological polar surface area (TPSA) is 34.0 Å². The van der Waals surface area contributed by atoms with Crippen molar-refractivity contribution in [3.8, 4) is 5.75 Å². The van der Waals surface area contributed by atoms with Gasteiger partial charge in [0, 0.05) is 0 Å². The molecule has 0 radical (unpaired) electrons. The van der Waals surface area contributed by atoms with Gasteiger partial charge >= 0.3 is 0 Å². The fourth-order valence-electron chi connectivity index (χ4n) is 5.62. The van der Waals surface area contributed by atoms with Gasteiger partial charge in [0.2, 0.25) is 0 Å². The molecule has 242 valence electrons. The van der Waals surface area contributed by atoms with Crippen LogP contribution >= 0.6 is 0 Å². The van der Waals surface area contributed by atoms with E-state index in [1.165, 1.54) is 152 Å². The van der Waals surface area contributed by atoms with Crippen molar-refractivity contribution in [3.05, 3.63) is 54.3 Å². The number of azo groups is 1. The zero-order valence-electron chi connectivity index (χ0n) is 28.0. The normalized spacial score (nSPS) is 11.9. The van der Waals surface area contributed by atoms with Gasteiger partial charge in [0.1, 0.15) is 11.6 Å². The molecule has 0 amide bonds. The van der Waals surface area contributed by atoms with E-state index in [1.54, 1.807) is 12.1 Å². The quantitative estimate of drug-likeness (QED) is 0.0574. The van der Waals surface area contributed by atoms with Gasteiger partial charge < -0.3 is 9.22 Å². The largest absolute Gasteiger partial charge is 0.494 e. The van der Waals surface area contributed by atoms with Gasteiger partial charge in [-0.1, -0.05) is 103 Å². The van der Waals surface area contributed by atoms with Crippen LogP contribution in [0.4, 0.5) is 15.8 Å². The average molecular weight is 597 g/mol. The standard InChI is InChI=1S/C38H63FN3O/c1-4-5-6-7-8-9-12-15-18-21-32-42(2,3)33-22-19-16-13-10-11-14-17-20-23-34-43-38-30-28-37(29-31-38)41-40-36-26-24-35(39)25-27-36/h24-31H,4-23,32-34H2,1-3H3/q+1. The maximum atomic E-state index is 13.0.